The fourth-order valence-corrected chi connectivity index (χ4v) is 5.40. The van der Waals surface area contributed by atoms with Gasteiger partial charge in [-0.1, -0.05) is 30.7 Å². The maximum Gasteiger partial charge on any atom is 0.341 e. The van der Waals surface area contributed by atoms with E-state index < -0.39 is 5.97 Å². The second kappa shape index (κ2) is 9.83. The molecule has 0 bridgehead atoms. The molecule has 0 spiro atoms. The van der Waals surface area contributed by atoms with Crippen molar-refractivity contribution in [2.75, 3.05) is 31.1 Å². The summed E-state index contributed by atoms with van der Waals surface area (Å²) in [6, 6.07) is 11.0. The van der Waals surface area contributed by atoms with E-state index in [2.05, 4.69) is 22.8 Å². The highest BCUT2D eigenvalue weighted by atomic mass is 32.1. The van der Waals surface area contributed by atoms with Crippen molar-refractivity contribution in [1.82, 2.24) is 9.88 Å². The molecule has 0 radical (unpaired) electrons. The highest BCUT2D eigenvalue weighted by Crippen LogP contribution is 2.33. The van der Waals surface area contributed by atoms with Crippen LogP contribution < -0.4 is 9.64 Å². The average molecular weight is 458 g/mol. The molecule has 1 saturated heterocycles. The number of thiazole rings is 1. The fourth-order valence-electron chi connectivity index (χ4n) is 4.31. The molecule has 1 aliphatic heterocycles. The normalized spacial score (nSPS) is 17.1. The Balaban J connectivity index is 1.47. The second-order valence-corrected chi connectivity index (χ2v) is 9.33. The van der Waals surface area contributed by atoms with Crippen molar-refractivity contribution in [3.8, 4) is 5.75 Å². The van der Waals surface area contributed by atoms with Crippen molar-refractivity contribution in [1.29, 1.82) is 0 Å². The monoisotopic (exact) mass is 457 g/mol. The number of fused-ring (bicyclic) bond motifs is 1. The Morgan fingerprint density at radius 2 is 2.12 bits per heavy atom. The van der Waals surface area contributed by atoms with Crippen molar-refractivity contribution >= 4 is 32.7 Å². The zero-order valence-electron chi connectivity index (χ0n) is 18.4. The van der Waals surface area contributed by atoms with Crippen LogP contribution in [0.25, 0.3) is 10.2 Å². The van der Waals surface area contributed by atoms with Gasteiger partial charge >= 0.3 is 5.97 Å². The second-order valence-electron chi connectivity index (χ2n) is 8.32. The number of benzene rings is 2. The zero-order valence-corrected chi connectivity index (χ0v) is 19.2. The lowest BCUT2D eigenvalue weighted by atomic mass is 10.1. The molecule has 3 aromatic rings. The molecule has 1 fully saturated rings. The van der Waals surface area contributed by atoms with E-state index in [4.69, 9.17) is 14.8 Å². The van der Waals surface area contributed by atoms with Crippen LogP contribution in [0.4, 0.5) is 9.52 Å². The Labute approximate surface area is 191 Å². The first-order chi connectivity index (χ1) is 15.4. The van der Waals surface area contributed by atoms with Crippen LogP contribution in [0.15, 0.2) is 36.4 Å². The van der Waals surface area contributed by atoms with Gasteiger partial charge in [-0.3, -0.25) is 4.90 Å². The Morgan fingerprint density at radius 3 is 2.91 bits per heavy atom. The van der Waals surface area contributed by atoms with E-state index >= 15 is 0 Å². The summed E-state index contributed by atoms with van der Waals surface area (Å²) >= 11 is 1.56. The van der Waals surface area contributed by atoms with E-state index in [0.29, 0.717) is 11.8 Å². The fraction of sp³-hybridized carbons (Fsp3) is 0.417. The van der Waals surface area contributed by atoms with E-state index in [1.54, 1.807) is 23.5 Å². The predicted molar refractivity (Wildman–Crippen MR) is 125 cm³/mol. The van der Waals surface area contributed by atoms with Gasteiger partial charge in [-0.05, 0) is 54.8 Å². The molecule has 0 saturated carbocycles. The molecule has 2 heterocycles. The Morgan fingerprint density at radius 1 is 1.28 bits per heavy atom. The van der Waals surface area contributed by atoms with Gasteiger partial charge in [0.05, 0.1) is 10.2 Å². The summed E-state index contributed by atoms with van der Waals surface area (Å²) in [6.07, 6.45) is 2.13. The van der Waals surface area contributed by atoms with Crippen LogP contribution in [0, 0.1) is 12.7 Å². The number of hydrogen-bond donors (Lipinski definition) is 1. The van der Waals surface area contributed by atoms with Gasteiger partial charge in [0.15, 0.2) is 11.7 Å². The van der Waals surface area contributed by atoms with Gasteiger partial charge in [-0.25, -0.2) is 14.2 Å². The van der Waals surface area contributed by atoms with E-state index in [-0.39, 0.29) is 12.4 Å². The molecule has 8 heteroatoms. The minimum Gasteiger partial charge on any atom is -0.482 e. The van der Waals surface area contributed by atoms with Crippen molar-refractivity contribution < 1.29 is 19.0 Å². The highest BCUT2D eigenvalue weighted by molar-refractivity contribution is 7.22. The first-order valence-electron chi connectivity index (χ1n) is 10.9. The quantitative estimate of drug-likeness (QED) is 0.529. The average Bonchev–Trinajstić information content (AvgIpc) is 3.15. The van der Waals surface area contributed by atoms with Gasteiger partial charge in [0.1, 0.15) is 11.6 Å². The number of aliphatic carboxylic acids is 1. The molecular formula is C24H28FN3O3S. The van der Waals surface area contributed by atoms with Gasteiger partial charge < -0.3 is 14.7 Å². The number of hydrogen-bond acceptors (Lipinski definition) is 6. The van der Waals surface area contributed by atoms with Crippen molar-refractivity contribution in [2.24, 2.45) is 0 Å². The third kappa shape index (κ3) is 5.37. The number of carboxylic acids is 1. The Bertz CT molecular complexity index is 1100. The lowest BCUT2D eigenvalue weighted by Crippen LogP contribution is -2.52. The predicted octanol–water partition coefficient (Wildman–Crippen LogP) is 4.70. The zero-order chi connectivity index (χ0) is 22.7. The third-order valence-corrected chi connectivity index (χ3v) is 6.71. The Hall–Kier alpha value is -2.71. The summed E-state index contributed by atoms with van der Waals surface area (Å²) in [7, 11) is 0. The van der Waals surface area contributed by atoms with Crippen LogP contribution in [0.5, 0.6) is 5.75 Å². The summed E-state index contributed by atoms with van der Waals surface area (Å²) in [5.74, 6) is -0.621. The summed E-state index contributed by atoms with van der Waals surface area (Å²) < 4.78 is 19.9. The third-order valence-electron chi connectivity index (χ3n) is 5.65. The van der Waals surface area contributed by atoms with Gasteiger partial charge in [-0.15, -0.1) is 0 Å². The minimum absolute atomic E-state index is 0.229. The SMILES string of the molecule is CCC[C@@H]1CN(Cc2cc(C)cc(OCC(=O)O)c2)CCN1c1nc2ccc(F)cc2s1. The molecule has 1 atom stereocenters. The molecule has 1 aliphatic rings. The molecule has 2 aromatic carbocycles. The van der Waals surface area contributed by atoms with Crippen LogP contribution in [0.3, 0.4) is 0 Å². The molecule has 0 amide bonds. The number of ether oxygens (including phenoxy) is 1. The lowest BCUT2D eigenvalue weighted by molar-refractivity contribution is -0.139. The topological polar surface area (TPSA) is 65.9 Å². The molecule has 32 heavy (non-hydrogen) atoms. The van der Waals surface area contributed by atoms with Crippen LogP contribution in [-0.2, 0) is 11.3 Å². The van der Waals surface area contributed by atoms with Crippen LogP contribution >= 0.6 is 11.3 Å². The van der Waals surface area contributed by atoms with Crippen molar-refractivity contribution in [3.05, 3.63) is 53.3 Å². The van der Waals surface area contributed by atoms with Gasteiger partial charge in [0.25, 0.3) is 0 Å². The van der Waals surface area contributed by atoms with Crippen LogP contribution in [0.2, 0.25) is 0 Å². The summed E-state index contributed by atoms with van der Waals surface area (Å²) in [5.41, 5.74) is 3.01. The number of piperazine rings is 1. The van der Waals surface area contributed by atoms with E-state index in [9.17, 15) is 9.18 Å². The molecular weight excluding hydrogens is 429 g/mol. The van der Waals surface area contributed by atoms with Gasteiger partial charge in [0, 0.05) is 32.2 Å². The number of aromatic nitrogens is 1. The standard InChI is InChI=1S/C24H28FN3O3S/c1-3-4-19-14-27(13-17-9-16(2)10-20(11-17)31-15-23(29)30)7-8-28(19)24-26-21-6-5-18(25)12-22(21)32-24/h5-6,9-12,19H,3-4,7-8,13-15H2,1-2H3,(H,29,30)/t19-/m1/s1. The number of aryl methyl sites for hydroxylation is 1. The number of rotatable bonds is 8. The molecule has 0 unspecified atom stereocenters. The minimum atomic E-state index is -0.982. The number of anilines is 1. The molecule has 4 rings (SSSR count). The van der Waals surface area contributed by atoms with E-state index in [1.165, 1.54) is 6.07 Å². The molecule has 1 aromatic heterocycles. The molecule has 170 valence electrons. The lowest BCUT2D eigenvalue weighted by Gasteiger charge is -2.41. The highest BCUT2D eigenvalue weighted by Gasteiger charge is 2.28. The van der Waals surface area contributed by atoms with Crippen LogP contribution in [-0.4, -0.2) is 53.2 Å². The van der Waals surface area contributed by atoms with Gasteiger partial charge in [0.2, 0.25) is 0 Å². The summed E-state index contributed by atoms with van der Waals surface area (Å²) in [4.78, 5) is 20.4. The van der Waals surface area contributed by atoms with E-state index in [0.717, 1.165) is 65.5 Å². The maximum absolute atomic E-state index is 13.6. The first-order valence-corrected chi connectivity index (χ1v) is 11.7. The van der Waals surface area contributed by atoms with E-state index in [1.807, 2.05) is 19.1 Å². The number of carbonyl (C=O) groups is 1. The number of halogens is 1. The number of carboxylic acid groups (broad SMARTS) is 1. The molecule has 6 nitrogen and oxygen atoms in total. The van der Waals surface area contributed by atoms with Crippen molar-refractivity contribution in [2.45, 2.75) is 39.3 Å². The maximum atomic E-state index is 13.6. The largest absolute Gasteiger partial charge is 0.482 e. The van der Waals surface area contributed by atoms with Crippen molar-refractivity contribution in [3.63, 3.8) is 0 Å². The van der Waals surface area contributed by atoms with Gasteiger partial charge in [-0.2, -0.15) is 0 Å². The summed E-state index contributed by atoms with van der Waals surface area (Å²) in [5, 5.41) is 9.83. The number of nitrogens with zero attached hydrogens (tertiary/aromatic N) is 3. The van der Waals surface area contributed by atoms with Crippen LogP contribution in [0.1, 0.15) is 30.9 Å². The molecule has 1 N–H and O–H groups in total. The first kappa shape index (κ1) is 22.5. The molecule has 0 aliphatic carbocycles. The summed E-state index contributed by atoms with van der Waals surface area (Å²) in [6.45, 7) is 7.29. The smallest absolute Gasteiger partial charge is 0.341 e. The Kier molecular flexibility index (Phi) is 6.91.